The Hall–Kier alpha value is -0.890. The molecule has 0 radical (unpaired) electrons. The number of halogens is 2. The lowest BCUT2D eigenvalue weighted by Crippen LogP contribution is -2.47. The maximum absolute atomic E-state index is 14.1. The van der Waals surface area contributed by atoms with E-state index < -0.39 is 0 Å². The van der Waals surface area contributed by atoms with Gasteiger partial charge in [-0.3, -0.25) is 4.99 Å². The van der Waals surface area contributed by atoms with Crippen LogP contribution < -0.4 is 10.6 Å². The summed E-state index contributed by atoms with van der Waals surface area (Å²) in [6, 6.07) is 7.78. The Bertz CT molecular complexity index is 630. The Morgan fingerprint density at radius 2 is 2.04 bits per heavy atom. The molecule has 6 heteroatoms. The van der Waals surface area contributed by atoms with Gasteiger partial charge in [-0.1, -0.05) is 18.2 Å². The number of hydrogen-bond acceptors (Lipinski definition) is 2. The number of nitrogens with zero attached hydrogens (tertiary/aromatic N) is 2. The average Bonchev–Trinajstić information content (AvgIpc) is 3.43. The Labute approximate surface area is 180 Å². The number of piperidine rings is 1. The van der Waals surface area contributed by atoms with Crippen molar-refractivity contribution in [3.8, 4) is 0 Å². The fourth-order valence-electron chi connectivity index (χ4n) is 4.03. The molecule has 2 N–H and O–H groups in total. The fraction of sp³-hybridized carbons (Fsp3) is 0.667. The van der Waals surface area contributed by atoms with Crippen molar-refractivity contribution in [2.75, 3.05) is 33.2 Å². The smallest absolute Gasteiger partial charge is 0.191 e. The number of benzene rings is 1. The summed E-state index contributed by atoms with van der Waals surface area (Å²) < 4.78 is 14.1. The number of guanidine groups is 1. The van der Waals surface area contributed by atoms with Gasteiger partial charge in [0.25, 0.3) is 0 Å². The number of nitrogens with one attached hydrogen (secondary N) is 2. The topological polar surface area (TPSA) is 39.7 Å². The van der Waals surface area contributed by atoms with E-state index >= 15 is 0 Å². The molecule has 152 valence electrons. The molecule has 0 bridgehead atoms. The normalized spacial score (nSPS) is 22.3. The largest absolute Gasteiger partial charge is 0.356 e. The number of aliphatic imine (C=N–C) groups is 1. The monoisotopic (exact) mass is 488 g/mol. The van der Waals surface area contributed by atoms with Gasteiger partial charge in [-0.15, -0.1) is 24.0 Å². The number of rotatable bonds is 6. The van der Waals surface area contributed by atoms with Crippen LogP contribution in [-0.2, 0) is 5.41 Å². The lowest BCUT2D eigenvalue weighted by molar-refractivity contribution is 0.141. The predicted molar refractivity (Wildman–Crippen MR) is 122 cm³/mol. The number of likely N-dealkylation sites (tertiary alicyclic amines) is 1. The third-order valence-corrected chi connectivity index (χ3v) is 5.96. The van der Waals surface area contributed by atoms with Crippen LogP contribution in [0.2, 0.25) is 0 Å². The van der Waals surface area contributed by atoms with Crippen molar-refractivity contribution in [2.45, 2.75) is 51.0 Å². The zero-order chi connectivity index (χ0) is 18.6. The summed E-state index contributed by atoms with van der Waals surface area (Å²) in [6.45, 7) is 8.58. The van der Waals surface area contributed by atoms with Gasteiger partial charge in [0.15, 0.2) is 5.96 Å². The molecule has 1 aliphatic carbocycles. The molecule has 1 saturated heterocycles. The van der Waals surface area contributed by atoms with Gasteiger partial charge in [-0.05, 0) is 63.6 Å². The second-order valence-electron chi connectivity index (χ2n) is 8.16. The van der Waals surface area contributed by atoms with Crippen LogP contribution in [0.4, 0.5) is 4.39 Å². The molecule has 1 unspecified atom stereocenters. The van der Waals surface area contributed by atoms with Crippen molar-refractivity contribution in [1.82, 2.24) is 15.5 Å². The van der Waals surface area contributed by atoms with E-state index in [1.165, 1.54) is 19.4 Å². The molecule has 4 nitrogen and oxygen atoms in total. The van der Waals surface area contributed by atoms with Crippen molar-refractivity contribution in [1.29, 1.82) is 0 Å². The van der Waals surface area contributed by atoms with Crippen molar-refractivity contribution in [3.05, 3.63) is 35.6 Å². The molecule has 3 rings (SSSR count). The molecule has 1 aromatic carbocycles. The highest BCUT2D eigenvalue weighted by atomic mass is 127. The molecular weight excluding hydrogens is 454 g/mol. The maximum Gasteiger partial charge on any atom is 0.191 e. The summed E-state index contributed by atoms with van der Waals surface area (Å²) in [6.07, 6.45) is 4.60. The molecule has 2 aliphatic rings. The van der Waals surface area contributed by atoms with Crippen LogP contribution in [0.1, 0.15) is 45.1 Å². The molecular formula is C21H34FIN4. The quantitative estimate of drug-likeness (QED) is 0.364. The van der Waals surface area contributed by atoms with Crippen LogP contribution in [0.5, 0.6) is 0 Å². The van der Waals surface area contributed by atoms with E-state index in [0.717, 1.165) is 44.0 Å². The lowest BCUT2D eigenvalue weighted by atomic mass is 9.95. The van der Waals surface area contributed by atoms with E-state index in [1.54, 1.807) is 19.2 Å². The minimum Gasteiger partial charge on any atom is -0.356 e. The van der Waals surface area contributed by atoms with Crippen molar-refractivity contribution >= 4 is 29.9 Å². The van der Waals surface area contributed by atoms with E-state index in [2.05, 4.69) is 34.4 Å². The molecule has 0 aromatic heterocycles. The summed E-state index contributed by atoms with van der Waals surface area (Å²) in [5.41, 5.74) is 0.769. The van der Waals surface area contributed by atoms with Crippen LogP contribution in [0.15, 0.2) is 29.3 Å². The van der Waals surface area contributed by atoms with Gasteiger partial charge in [0, 0.05) is 38.1 Å². The molecule has 1 atom stereocenters. The van der Waals surface area contributed by atoms with Gasteiger partial charge in [0.1, 0.15) is 5.82 Å². The van der Waals surface area contributed by atoms with E-state index in [-0.39, 0.29) is 35.2 Å². The van der Waals surface area contributed by atoms with E-state index in [0.29, 0.717) is 12.0 Å². The first-order chi connectivity index (χ1) is 12.5. The van der Waals surface area contributed by atoms with Crippen molar-refractivity contribution in [2.24, 2.45) is 10.9 Å². The molecule has 27 heavy (non-hydrogen) atoms. The molecule has 1 aliphatic heterocycles. The fourth-order valence-corrected chi connectivity index (χ4v) is 4.03. The summed E-state index contributed by atoms with van der Waals surface area (Å²) in [5.74, 6) is 1.39. The Morgan fingerprint density at radius 1 is 1.30 bits per heavy atom. The maximum atomic E-state index is 14.1. The van der Waals surface area contributed by atoms with E-state index in [1.807, 2.05) is 12.1 Å². The summed E-state index contributed by atoms with van der Waals surface area (Å²) >= 11 is 0. The molecule has 0 amide bonds. The third-order valence-electron chi connectivity index (χ3n) is 5.96. The molecule has 0 spiro atoms. The first kappa shape index (κ1) is 22.4. The van der Waals surface area contributed by atoms with Crippen LogP contribution in [0, 0.1) is 11.7 Å². The highest BCUT2D eigenvalue weighted by Crippen LogP contribution is 2.48. The average molecular weight is 488 g/mol. The zero-order valence-corrected chi connectivity index (χ0v) is 19.1. The molecule has 1 heterocycles. The highest BCUT2D eigenvalue weighted by Gasteiger charge is 2.45. The molecule has 2 fully saturated rings. The highest BCUT2D eigenvalue weighted by molar-refractivity contribution is 14.0. The SMILES string of the molecule is CN=C(NCC1CCCN(C(C)C)C1)NCC1(c2ccccc2F)CC1.I. The second kappa shape index (κ2) is 10.0. The Kier molecular flexibility index (Phi) is 8.34. The lowest BCUT2D eigenvalue weighted by Gasteiger charge is -2.35. The summed E-state index contributed by atoms with van der Waals surface area (Å²) in [5, 5.41) is 6.91. The third kappa shape index (κ3) is 5.79. The molecule has 1 saturated carbocycles. The van der Waals surface area contributed by atoms with Crippen LogP contribution in [0.3, 0.4) is 0 Å². The van der Waals surface area contributed by atoms with Gasteiger partial charge < -0.3 is 15.5 Å². The van der Waals surface area contributed by atoms with Crippen LogP contribution in [-0.4, -0.2) is 50.1 Å². The predicted octanol–water partition coefficient (Wildman–Crippen LogP) is 3.76. The summed E-state index contributed by atoms with van der Waals surface area (Å²) in [4.78, 5) is 6.92. The van der Waals surface area contributed by atoms with Gasteiger partial charge in [-0.25, -0.2) is 4.39 Å². The van der Waals surface area contributed by atoms with Crippen molar-refractivity contribution < 1.29 is 4.39 Å². The van der Waals surface area contributed by atoms with Gasteiger partial charge in [0.05, 0.1) is 0 Å². The zero-order valence-electron chi connectivity index (χ0n) is 16.8. The molecule has 1 aromatic rings. The van der Waals surface area contributed by atoms with E-state index in [9.17, 15) is 4.39 Å². The first-order valence-corrected chi connectivity index (χ1v) is 9.98. The Balaban J connectivity index is 0.00000261. The first-order valence-electron chi connectivity index (χ1n) is 9.98. The Morgan fingerprint density at radius 3 is 2.67 bits per heavy atom. The summed E-state index contributed by atoms with van der Waals surface area (Å²) in [7, 11) is 1.80. The van der Waals surface area contributed by atoms with Gasteiger partial charge in [0.2, 0.25) is 0 Å². The van der Waals surface area contributed by atoms with E-state index in [4.69, 9.17) is 0 Å². The van der Waals surface area contributed by atoms with Gasteiger partial charge in [-0.2, -0.15) is 0 Å². The standard InChI is InChI=1S/C21H33FN4.HI/c1-16(2)26-12-6-7-17(14-26)13-24-20(23-3)25-15-21(10-11-21)18-8-4-5-9-19(18)22;/h4-5,8-9,16-17H,6-7,10-15H2,1-3H3,(H2,23,24,25);1H. The minimum absolute atomic E-state index is 0. The van der Waals surface area contributed by atoms with Crippen molar-refractivity contribution in [3.63, 3.8) is 0 Å². The minimum atomic E-state index is -0.0919. The second-order valence-corrected chi connectivity index (χ2v) is 8.16. The van der Waals surface area contributed by atoms with Crippen LogP contribution in [0.25, 0.3) is 0 Å². The van der Waals surface area contributed by atoms with Gasteiger partial charge >= 0.3 is 0 Å². The number of hydrogen-bond donors (Lipinski definition) is 2. The van der Waals surface area contributed by atoms with Crippen LogP contribution >= 0.6 is 24.0 Å².